The molecule has 1 rings (SSSR count). The van der Waals surface area contributed by atoms with Crippen molar-refractivity contribution in [1.29, 1.82) is 0 Å². The predicted molar refractivity (Wildman–Crippen MR) is 114 cm³/mol. The fourth-order valence-electron chi connectivity index (χ4n) is 2.87. The zero-order chi connectivity index (χ0) is 20.0. The molecule has 0 unspecified atom stereocenters. The molecule has 1 N–H and O–H groups in total. The number of benzene rings is 1. The minimum Gasteiger partial charge on any atom is -0.298 e. The standard InChI is InChI=1S/C21H32O4S2/c1-19(11-8-9-15-26-21-13-6-4-7-14-21)17-20(18-22)12-5-2-3-10-16-27(23,24)25/h4,6-7,13-14,17-19H,2-3,5,8-12,15-16H2,1H3,(H,23,24,25)/b20-17+/t19-/m0/s1. The Kier molecular flexibility index (Phi) is 12.4. The zero-order valence-electron chi connectivity index (χ0n) is 16.2. The number of carbonyl (C=O) groups excluding carboxylic acids is 1. The first-order valence-electron chi connectivity index (χ1n) is 9.69. The van der Waals surface area contributed by atoms with Gasteiger partial charge in [0.2, 0.25) is 0 Å². The van der Waals surface area contributed by atoms with Gasteiger partial charge in [-0.25, -0.2) is 0 Å². The molecule has 152 valence electrons. The summed E-state index contributed by atoms with van der Waals surface area (Å²) in [6, 6.07) is 10.4. The molecule has 0 radical (unpaired) electrons. The van der Waals surface area contributed by atoms with E-state index in [1.807, 2.05) is 17.8 Å². The Hall–Kier alpha value is -1.11. The Morgan fingerprint density at radius 3 is 2.44 bits per heavy atom. The van der Waals surface area contributed by atoms with E-state index in [0.717, 1.165) is 56.1 Å². The third kappa shape index (κ3) is 13.7. The molecule has 4 nitrogen and oxygen atoms in total. The molecule has 0 saturated carbocycles. The summed E-state index contributed by atoms with van der Waals surface area (Å²) in [7, 11) is -3.85. The van der Waals surface area contributed by atoms with E-state index in [0.29, 0.717) is 12.3 Å². The summed E-state index contributed by atoms with van der Waals surface area (Å²) in [5.74, 6) is 1.33. The number of hydrogen-bond acceptors (Lipinski definition) is 4. The minimum absolute atomic E-state index is 0.178. The Labute approximate surface area is 168 Å². The lowest BCUT2D eigenvalue weighted by Crippen LogP contribution is -2.03. The zero-order valence-corrected chi connectivity index (χ0v) is 17.8. The summed E-state index contributed by atoms with van der Waals surface area (Å²) in [5.41, 5.74) is 0.843. The van der Waals surface area contributed by atoms with Crippen molar-refractivity contribution in [3.05, 3.63) is 42.0 Å². The van der Waals surface area contributed by atoms with E-state index >= 15 is 0 Å². The summed E-state index contributed by atoms with van der Waals surface area (Å²) in [6.45, 7) is 2.15. The Morgan fingerprint density at radius 2 is 1.78 bits per heavy atom. The molecule has 1 atom stereocenters. The molecule has 0 heterocycles. The van der Waals surface area contributed by atoms with Crippen molar-refractivity contribution in [2.24, 2.45) is 5.92 Å². The van der Waals surface area contributed by atoms with Crippen molar-refractivity contribution in [2.45, 2.75) is 63.2 Å². The summed E-state index contributed by atoms with van der Waals surface area (Å²) in [5, 5.41) is 0. The van der Waals surface area contributed by atoms with Crippen molar-refractivity contribution >= 4 is 28.2 Å². The molecule has 1 aromatic carbocycles. The molecule has 0 aromatic heterocycles. The lowest BCUT2D eigenvalue weighted by molar-refractivity contribution is -0.105. The van der Waals surface area contributed by atoms with Gasteiger partial charge in [0.15, 0.2) is 0 Å². The average molecular weight is 413 g/mol. The van der Waals surface area contributed by atoms with E-state index in [2.05, 4.69) is 37.3 Å². The SMILES string of the molecule is C[C@H](/C=C(/C=O)CCCCCCS(=O)(=O)O)CCCCSc1ccccc1. The number of thioether (sulfide) groups is 1. The van der Waals surface area contributed by atoms with Crippen molar-refractivity contribution < 1.29 is 17.8 Å². The highest BCUT2D eigenvalue weighted by Gasteiger charge is 2.05. The highest BCUT2D eigenvalue weighted by Crippen LogP contribution is 2.20. The van der Waals surface area contributed by atoms with Crippen LogP contribution >= 0.6 is 11.8 Å². The molecule has 6 heteroatoms. The third-order valence-electron chi connectivity index (χ3n) is 4.33. The molecule has 0 saturated heterocycles. The van der Waals surface area contributed by atoms with Gasteiger partial charge in [-0.1, -0.05) is 50.5 Å². The van der Waals surface area contributed by atoms with Gasteiger partial charge < -0.3 is 0 Å². The Balaban J connectivity index is 2.13. The van der Waals surface area contributed by atoms with Crippen LogP contribution in [0.1, 0.15) is 58.3 Å². The van der Waals surface area contributed by atoms with Crippen LogP contribution in [-0.4, -0.2) is 30.8 Å². The second-order valence-electron chi connectivity index (χ2n) is 6.94. The smallest absolute Gasteiger partial charge is 0.264 e. The summed E-state index contributed by atoms with van der Waals surface area (Å²) in [4.78, 5) is 12.6. The number of unbranched alkanes of at least 4 members (excludes halogenated alkanes) is 4. The normalized spacial score (nSPS) is 13.5. The highest BCUT2D eigenvalue weighted by molar-refractivity contribution is 7.99. The molecular weight excluding hydrogens is 380 g/mol. The van der Waals surface area contributed by atoms with E-state index in [-0.39, 0.29) is 5.75 Å². The van der Waals surface area contributed by atoms with Crippen LogP contribution in [0.25, 0.3) is 0 Å². The minimum atomic E-state index is -3.85. The molecule has 0 bridgehead atoms. The summed E-state index contributed by atoms with van der Waals surface area (Å²) < 4.78 is 30.0. The first kappa shape index (κ1) is 23.9. The highest BCUT2D eigenvalue weighted by atomic mass is 32.2. The van der Waals surface area contributed by atoms with Gasteiger partial charge in [-0.15, -0.1) is 11.8 Å². The number of rotatable bonds is 15. The van der Waals surface area contributed by atoms with E-state index in [9.17, 15) is 13.2 Å². The first-order chi connectivity index (χ1) is 12.9. The largest absolute Gasteiger partial charge is 0.298 e. The van der Waals surface area contributed by atoms with Crippen LogP contribution in [0.5, 0.6) is 0 Å². The Bertz CT molecular complexity index is 654. The first-order valence-corrected chi connectivity index (χ1v) is 12.3. The maximum Gasteiger partial charge on any atom is 0.264 e. The number of allylic oxidation sites excluding steroid dienone is 2. The predicted octanol–water partition coefficient (Wildman–Crippen LogP) is 5.55. The topological polar surface area (TPSA) is 71.4 Å². The maximum atomic E-state index is 11.2. The van der Waals surface area contributed by atoms with Crippen LogP contribution in [-0.2, 0) is 14.9 Å². The summed E-state index contributed by atoms with van der Waals surface area (Å²) in [6.07, 6.45) is 10.1. The van der Waals surface area contributed by atoms with Crippen LogP contribution in [0.15, 0.2) is 46.9 Å². The molecule has 27 heavy (non-hydrogen) atoms. The van der Waals surface area contributed by atoms with Gasteiger partial charge in [-0.2, -0.15) is 8.42 Å². The van der Waals surface area contributed by atoms with E-state index in [4.69, 9.17) is 4.55 Å². The maximum absolute atomic E-state index is 11.2. The molecule has 0 spiro atoms. The van der Waals surface area contributed by atoms with Gasteiger partial charge in [-0.05, 0) is 61.5 Å². The molecule has 0 aliphatic heterocycles. The van der Waals surface area contributed by atoms with Gasteiger partial charge in [0.25, 0.3) is 10.1 Å². The lowest BCUT2D eigenvalue weighted by Gasteiger charge is -2.08. The van der Waals surface area contributed by atoms with Crippen LogP contribution in [0.4, 0.5) is 0 Å². The second kappa shape index (κ2) is 14.0. The molecular formula is C21H32O4S2. The summed E-state index contributed by atoms with van der Waals surface area (Å²) >= 11 is 1.88. The Morgan fingerprint density at radius 1 is 1.07 bits per heavy atom. The van der Waals surface area contributed by atoms with Crippen LogP contribution in [0, 0.1) is 5.92 Å². The van der Waals surface area contributed by atoms with Gasteiger partial charge >= 0.3 is 0 Å². The van der Waals surface area contributed by atoms with Gasteiger partial charge in [-0.3, -0.25) is 9.35 Å². The lowest BCUT2D eigenvalue weighted by atomic mass is 9.99. The van der Waals surface area contributed by atoms with Gasteiger partial charge in [0, 0.05) is 4.90 Å². The number of aldehydes is 1. The van der Waals surface area contributed by atoms with Crippen LogP contribution in [0.3, 0.4) is 0 Å². The van der Waals surface area contributed by atoms with Crippen molar-refractivity contribution in [3.8, 4) is 0 Å². The molecule has 0 fully saturated rings. The van der Waals surface area contributed by atoms with Crippen LogP contribution in [0.2, 0.25) is 0 Å². The van der Waals surface area contributed by atoms with Gasteiger partial charge in [0.05, 0.1) is 5.75 Å². The van der Waals surface area contributed by atoms with Crippen LogP contribution < -0.4 is 0 Å². The molecule has 1 aromatic rings. The van der Waals surface area contributed by atoms with E-state index in [1.165, 1.54) is 11.3 Å². The third-order valence-corrected chi connectivity index (χ3v) is 6.24. The monoisotopic (exact) mass is 412 g/mol. The van der Waals surface area contributed by atoms with Crippen molar-refractivity contribution in [3.63, 3.8) is 0 Å². The number of carbonyl (C=O) groups is 1. The fraction of sp³-hybridized carbons (Fsp3) is 0.571. The number of hydrogen-bond donors (Lipinski definition) is 1. The van der Waals surface area contributed by atoms with E-state index in [1.54, 1.807) is 0 Å². The molecule has 0 aliphatic rings. The molecule has 0 aliphatic carbocycles. The average Bonchev–Trinajstić information content (AvgIpc) is 2.63. The van der Waals surface area contributed by atoms with Gasteiger partial charge in [0.1, 0.15) is 6.29 Å². The van der Waals surface area contributed by atoms with Crippen molar-refractivity contribution in [1.82, 2.24) is 0 Å². The van der Waals surface area contributed by atoms with Crippen molar-refractivity contribution in [2.75, 3.05) is 11.5 Å². The molecule has 0 amide bonds. The quantitative estimate of drug-likeness (QED) is 0.134. The van der Waals surface area contributed by atoms with E-state index < -0.39 is 10.1 Å². The second-order valence-corrected chi connectivity index (χ2v) is 9.68. The fourth-order valence-corrected chi connectivity index (χ4v) is 4.38.